The zero-order valence-electron chi connectivity index (χ0n) is 7.83. The van der Waals surface area contributed by atoms with Crippen LogP contribution in [0.5, 0.6) is 5.75 Å². The molecule has 72 valence electrons. The summed E-state index contributed by atoms with van der Waals surface area (Å²) in [5.41, 5.74) is 2.19. The first-order chi connectivity index (χ1) is 6.70. The van der Waals surface area contributed by atoms with Gasteiger partial charge in [-0.05, 0) is 36.2 Å². The molecule has 0 amide bonds. The lowest BCUT2D eigenvalue weighted by atomic mass is 9.81. The molecule has 1 aromatic rings. The Morgan fingerprint density at radius 3 is 3.00 bits per heavy atom. The molecule has 1 aliphatic heterocycles. The molecule has 0 fully saturated rings. The Balaban J connectivity index is 2.52. The Labute approximate surface area is 91.9 Å². The molecule has 1 aliphatic rings. The van der Waals surface area contributed by atoms with E-state index in [9.17, 15) is 5.02 Å². The lowest BCUT2D eigenvalue weighted by Gasteiger charge is -2.20. The number of fused-ring (bicyclic) bond motifs is 1. The van der Waals surface area contributed by atoms with Gasteiger partial charge in [0.25, 0.3) is 0 Å². The third-order valence-corrected chi connectivity index (χ3v) is 2.75. The molecule has 0 saturated carbocycles. The van der Waals surface area contributed by atoms with Crippen molar-refractivity contribution in [2.45, 2.75) is 13.3 Å². The molecule has 0 atom stereocenters. The largest absolute Gasteiger partial charge is 0.552 e. The predicted molar refractivity (Wildman–Crippen MR) is 61.0 cm³/mol. The number of hydrogen-bond donors (Lipinski definition) is 1. The fourth-order valence-electron chi connectivity index (χ4n) is 1.59. The second kappa shape index (κ2) is 3.79. The summed E-state index contributed by atoms with van der Waals surface area (Å²) >= 11 is 3.42. The van der Waals surface area contributed by atoms with Crippen LogP contribution < -0.4 is 4.65 Å². The molecule has 0 unspecified atom stereocenters. The molecule has 2 rings (SSSR count). The molecule has 0 bridgehead atoms. The van der Waals surface area contributed by atoms with E-state index in [2.05, 4.69) is 22.9 Å². The summed E-state index contributed by atoms with van der Waals surface area (Å²) in [6.07, 6.45) is 0.893. The van der Waals surface area contributed by atoms with Gasteiger partial charge in [-0.1, -0.05) is 22.9 Å². The van der Waals surface area contributed by atoms with Crippen LogP contribution in [0.4, 0.5) is 0 Å². The van der Waals surface area contributed by atoms with E-state index in [0.717, 1.165) is 27.8 Å². The summed E-state index contributed by atoms with van der Waals surface area (Å²) in [5, 5.41) is 9.42. The van der Waals surface area contributed by atoms with Crippen LogP contribution in [0.15, 0.2) is 28.6 Å². The quantitative estimate of drug-likeness (QED) is 0.779. The highest BCUT2D eigenvalue weighted by molar-refractivity contribution is 9.10. The van der Waals surface area contributed by atoms with Crippen molar-refractivity contribution in [3.8, 4) is 5.75 Å². The molecular weight excluding hydrogens is 243 g/mol. The van der Waals surface area contributed by atoms with Gasteiger partial charge in [0.1, 0.15) is 5.75 Å². The first-order valence-corrected chi connectivity index (χ1v) is 5.35. The smallest absolute Gasteiger partial charge is 0.532 e. The summed E-state index contributed by atoms with van der Waals surface area (Å²) in [4.78, 5) is 0. The van der Waals surface area contributed by atoms with Gasteiger partial charge in [0.15, 0.2) is 0 Å². The van der Waals surface area contributed by atoms with Crippen LogP contribution in [0, 0.1) is 0 Å². The number of rotatable bonds is 1. The Bertz CT molecular complexity index is 390. The molecule has 1 heterocycles. The van der Waals surface area contributed by atoms with Crippen molar-refractivity contribution >= 4 is 28.6 Å². The maximum absolute atomic E-state index is 9.42. The fraction of sp³-hybridized carbons (Fsp3) is 0.200. The van der Waals surface area contributed by atoms with Crippen LogP contribution >= 0.6 is 15.9 Å². The minimum atomic E-state index is -0.807. The van der Waals surface area contributed by atoms with Crippen LogP contribution in [0.3, 0.4) is 0 Å². The average Bonchev–Trinajstić information content (AvgIpc) is 2.17. The van der Waals surface area contributed by atoms with Gasteiger partial charge < -0.3 is 9.68 Å². The lowest BCUT2D eigenvalue weighted by Crippen LogP contribution is -2.23. The highest BCUT2D eigenvalue weighted by Crippen LogP contribution is 2.34. The first kappa shape index (κ1) is 9.81. The Morgan fingerprint density at radius 2 is 2.29 bits per heavy atom. The third-order valence-electron chi connectivity index (χ3n) is 2.26. The van der Waals surface area contributed by atoms with Crippen LogP contribution in [0.25, 0.3) is 5.57 Å². The van der Waals surface area contributed by atoms with Crippen molar-refractivity contribution < 1.29 is 9.68 Å². The average molecular weight is 253 g/mol. The second-order valence-electron chi connectivity index (χ2n) is 3.19. The summed E-state index contributed by atoms with van der Waals surface area (Å²) < 4.78 is 6.30. The molecule has 2 nitrogen and oxygen atoms in total. The Morgan fingerprint density at radius 1 is 1.50 bits per heavy atom. The first-order valence-electron chi connectivity index (χ1n) is 4.56. The SMILES string of the molecule is CCC1=CB(O)Oc2ccc(Br)cc21. The molecule has 1 aromatic carbocycles. The van der Waals surface area contributed by atoms with Gasteiger partial charge in [0.05, 0.1) is 0 Å². The molecule has 1 N–H and O–H groups in total. The normalized spacial score (nSPS) is 14.5. The van der Waals surface area contributed by atoms with E-state index in [1.165, 1.54) is 0 Å². The van der Waals surface area contributed by atoms with Crippen molar-refractivity contribution in [3.05, 3.63) is 34.2 Å². The maximum Gasteiger partial charge on any atom is 0.552 e. The zero-order valence-corrected chi connectivity index (χ0v) is 9.41. The van der Waals surface area contributed by atoms with E-state index in [0.29, 0.717) is 0 Å². The van der Waals surface area contributed by atoms with Gasteiger partial charge in [0, 0.05) is 10.0 Å². The zero-order chi connectivity index (χ0) is 10.1. The lowest BCUT2D eigenvalue weighted by molar-refractivity contribution is 0.427. The van der Waals surface area contributed by atoms with Gasteiger partial charge in [-0.15, -0.1) is 0 Å². The Kier molecular flexibility index (Phi) is 2.65. The van der Waals surface area contributed by atoms with Crippen LogP contribution in [0.2, 0.25) is 0 Å². The van der Waals surface area contributed by atoms with E-state index in [-0.39, 0.29) is 0 Å². The highest BCUT2D eigenvalue weighted by atomic mass is 79.9. The summed E-state index contributed by atoms with van der Waals surface area (Å²) in [7, 11) is -0.807. The number of benzene rings is 1. The van der Waals surface area contributed by atoms with Gasteiger partial charge in [-0.25, -0.2) is 0 Å². The second-order valence-corrected chi connectivity index (χ2v) is 4.11. The van der Waals surface area contributed by atoms with Crippen molar-refractivity contribution in [1.29, 1.82) is 0 Å². The molecule has 0 radical (unpaired) electrons. The van der Waals surface area contributed by atoms with Gasteiger partial charge >= 0.3 is 7.12 Å². The van der Waals surface area contributed by atoms with Crippen LogP contribution in [-0.2, 0) is 0 Å². The van der Waals surface area contributed by atoms with Crippen molar-refractivity contribution in [3.63, 3.8) is 0 Å². The summed E-state index contributed by atoms with van der Waals surface area (Å²) in [5.74, 6) is 2.49. The van der Waals surface area contributed by atoms with Crippen molar-refractivity contribution in [1.82, 2.24) is 0 Å². The minimum Gasteiger partial charge on any atom is -0.532 e. The highest BCUT2D eigenvalue weighted by Gasteiger charge is 2.22. The molecule has 0 aromatic heterocycles. The van der Waals surface area contributed by atoms with E-state index in [1.807, 2.05) is 18.2 Å². The predicted octanol–water partition coefficient (Wildman–Crippen LogP) is 2.65. The summed E-state index contributed by atoms with van der Waals surface area (Å²) in [6.45, 7) is 2.06. The molecule has 4 heteroatoms. The van der Waals surface area contributed by atoms with Crippen molar-refractivity contribution in [2.75, 3.05) is 0 Å². The molecule has 0 aliphatic carbocycles. The fourth-order valence-corrected chi connectivity index (χ4v) is 1.95. The molecular formula is C10H10BBrO2. The summed E-state index contributed by atoms with van der Waals surface area (Å²) in [6, 6.07) is 5.78. The maximum atomic E-state index is 9.42. The number of allylic oxidation sites excluding steroid dienone is 1. The molecule has 0 saturated heterocycles. The minimum absolute atomic E-state index is 0.750. The van der Waals surface area contributed by atoms with Gasteiger partial charge in [-0.2, -0.15) is 0 Å². The van der Waals surface area contributed by atoms with E-state index >= 15 is 0 Å². The Hall–Kier alpha value is -0.735. The van der Waals surface area contributed by atoms with Crippen molar-refractivity contribution in [2.24, 2.45) is 0 Å². The molecule has 14 heavy (non-hydrogen) atoms. The van der Waals surface area contributed by atoms with Gasteiger partial charge in [0.2, 0.25) is 0 Å². The third kappa shape index (κ3) is 1.72. The van der Waals surface area contributed by atoms with Crippen LogP contribution in [0.1, 0.15) is 18.9 Å². The van der Waals surface area contributed by atoms with Crippen LogP contribution in [-0.4, -0.2) is 12.1 Å². The standard InChI is InChI=1S/C10H10BBrO2/c1-2-7-6-11(13)14-10-4-3-8(12)5-9(7)10/h3-6,13H,2H2,1H3. The topological polar surface area (TPSA) is 29.5 Å². The van der Waals surface area contributed by atoms with E-state index in [4.69, 9.17) is 4.65 Å². The number of hydrogen-bond acceptors (Lipinski definition) is 2. The van der Waals surface area contributed by atoms with Gasteiger partial charge in [-0.3, -0.25) is 0 Å². The molecule has 0 spiro atoms. The van der Waals surface area contributed by atoms with E-state index < -0.39 is 7.12 Å². The van der Waals surface area contributed by atoms with E-state index in [1.54, 1.807) is 5.98 Å². The monoisotopic (exact) mass is 252 g/mol. The number of halogens is 1.